The molecule has 156 valence electrons. The van der Waals surface area contributed by atoms with Crippen molar-refractivity contribution in [2.45, 2.75) is 6.42 Å². The van der Waals surface area contributed by atoms with E-state index in [1.54, 1.807) is 42.5 Å². The number of hydrogen-bond acceptors (Lipinski definition) is 7. The molecule has 1 heterocycles. The third-order valence-electron chi connectivity index (χ3n) is 4.16. The molecule has 0 unspecified atom stereocenters. The van der Waals surface area contributed by atoms with E-state index in [2.05, 4.69) is 10.3 Å². The predicted molar refractivity (Wildman–Crippen MR) is 115 cm³/mol. The Bertz CT molecular complexity index is 1010. The number of thioether (sulfide) groups is 1. The van der Waals surface area contributed by atoms with Gasteiger partial charge in [-0.05, 0) is 53.2 Å². The Morgan fingerprint density at radius 1 is 1.10 bits per heavy atom. The second-order valence-corrected chi connectivity index (χ2v) is 7.21. The Morgan fingerprint density at radius 2 is 1.73 bits per heavy atom. The number of nitrogens with zero attached hydrogens (tertiary/aromatic N) is 1. The van der Waals surface area contributed by atoms with Crippen molar-refractivity contribution in [3.05, 3.63) is 52.4 Å². The minimum atomic E-state index is -0.894. The number of carbonyl (C=O) groups is 2. The first-order valence-corrected chi connectivity index (χ1v) is 9.65. The molecule has 0 spiro atoms. The number of rotatable bonds is 7. The van der Waals surface area contributed by atoms with E-state index >= 15 is 0 Å². The van der Waals surface area contributed by atoms with E-state index < -0.39 is 5.97 Å². The fourth-order valence-electron chi connectivity index (χ4n) is 2.80. The summed E-state index contributed by atoms with van der Waals surface area (Å²) in [7, 11) is 4.57. The quantitative estimate of drug-likeness (QED) is 0.652. The monoisotopic (exact) mass is 428 g/mol. The first-order valence-electron chi connectivity index (χ1n) is 8.83. The van der Waals surface area contributed by atoms with Gasteiger partial charge < -0.3 is 24.6 Å². The minimum absolute atomic E-state index is 0.0516. The number of methoxy groups -OCH3 is 3. The molecular formula is C21H20N2O6S. The molecular weight excluding hydrogens is 408 g/mol. The van der Waals surface area contributed by atoms with Crippen molar-refractivity contribution in [1.82, 2.24) is 5.32 Å². The molecule has 0 atom stereocenters. The van der Waals surface area contributed by atoms with E-state index in [1.165, 1.54) is 33.1 Å². The molecule has 1 aliphatic heterocycles. The zero-order valence-corrected chi connectivity index (χ0v) is 17.4. The molecule has 1 saturated heterocycles. The first kappa shape index (κ1) is 21.3. The number of nitrogens with one attached hydrogen (secondary N) is 1. The third-order valence-corrected chi connectivity index (χ3v) is 5.07. The Labute approximate surface area is 177 Å². The molecule has 2 N–H and O–H groups in total. The van der Waals surface area contributed by atoms with Crippen molar-refractivity contribution >= 4 is 40.6 Å². The molecule has 1 aliphatic rings. The van der Waals surface area contributed by atoms with Crippen LogP contribution in [0.4, 0.5) is 5.69 Å². The maximum absolute atomic E-state index is 12.4. The lowest BCUT2D eigenvalue weighted by molar-refractivity contribution is -0.136. The van der Waals surface area contributed by atoms with Crippen LogP contribution in [0, 0.1) is 0 Å². The third kappa shape index (κ3) is 4.93. The molecule has 2 aromatic rings. The normalized spacial score (nSPS) is 15.9. The second kappa shape index (κ2) is 9.36. The van der Waals surface area contributed by atoms with E-state index in [4.69, 9.17) is 19.3 Å². The van der Waals surface area contributed by atoms with E-state index in [-0.39, 0.29) is 12.3 Å². The molecule has 2 aromatic carbocycles. The summed E-state index contributed by atoms with van der Waals surface area (Å²) in [5, 5.41) is 12.0. The highest BCUT2D eigenvalue weighted by Crippen LogP contribution is 2.39. The largest absolute Gasteiger partial charge is 0.493 e. The number of carboxylic acid groups (broad SMARTS) is 1. The molecule has 8 nitrogen and oxygen atoms in total. The Kier molecular flexibility index (Phi) is 6.63. The fraction of sp³-hybridized carbons (Fsp3) is 0.190. The SMILES string of the molecule is COc1cc(/C=C2/SC(=Nc3ccc(CC(=O)O)cc3)NC2=O)cc(OC)c1OC. The molecule has 1 amide bonds. The Hall–Kier alpha value is -3.46. The summed E-state index contributed by atoms with van der Waals surface area (Å²) in [4.78, 5) is 28.0. The number of ether oxygens (including phenoxy) is 3. The highest BCUT2D eigenvalue weighted by molar-refractivity contribution is 8.18. The number of carboxylic acids is 1. The van der Waals surface area contributed by atoms with Crippen LogP contribution in [0.3, 0.4) is 0 Å². The van der Waals surface area contributed by atoms with Crippen molar-refractivity contribution in [3.8, 4) is 17.2 Å². The standard InChI is InChI=1S/C21H20N2O6S/c1-27-15-8-13(9-16(28-2)19(15)29-3)10-17-20(26)23-21(30-17)22-14-6-4-12(5-7-14)11-18(24)25/h4-10H,11H2,1-3H3,(H,24,25)(H,22,23,26)/b17-10+. The van der Waals surface area contributed by atoms with Crippen LogP contribution in [0.5, 0.6) is 17.2 Å². The van der Waals surface area contributed by atoms with Gasteiger partial charge in [0.05, 0.1) is 38.3 Å². The molecule has 0 aromatic heterocycles. The maximum Gasteiger partial charge on any atom is 0.307 e. The number of aliphatic carboxylic acids is 1. The molecule has 0 aliphatic carbocycles. The van der Waals surface area contributed by atoms with E-state index in [0.717, 1.165) is 0 Å². The lowest BCUT2D eigenvalue weighted by Crippen LogP contribution is -2.19. The zero-order chi connectivity index (χ0) is 21.7. The van der Waals surface area contributed by atoms with Crippen molar-refractivity contribution in [1.29, 1.82) is 0 Å². The topological polar surface area (TPSA) is 106 Å². The Morgan fingerprint density at radius 3 is 2.27 bits per heavy atom. The lowest BCUT2D eigenvalue weighted by atomic mass is 10.1. The number of aliphatic imine (C=N–C) groups is 1. The highest BCUT2D eigenvalue weighted by Gasteiger charge is 2.24. The smallest absolute Gasteiger partial charge is 0.307 e. The number of hydrogen-bond donors (Lipinski definition) is 2. The summed E-state index contributed by atoms with van der Waals surface area (Å²) < 4.78 is 16.0. The number of benzene rings is 2. The van der Waals surface area contributed by atoms with Crippen molar-refractivity contribution in [2.24, 2.45) is 4.99 Å². The van der Waals surface area contributed by atoms with Crippen LogP contribution in [0.25, 0.3) is 6.08 Å². The van der Waals surface area contributed by atoms with Crippen molar-refractivity contribution in [2.75, 3.05) is 21.3 Å². The van der Waals surface area contributed by atoms with E-state index in [9.17, 15) is 9.59 Å². The first-order chi connectivity index (χ1) is 14.4. The van der Waals surface area contributed by atoms with Gasteiger partial charge in [-0.3, -0.25) is 9.59 Å². The van der Waals surface area contributed by atoms with Gasteiger partial charge in [0.15, 0.2) is 16.7 Å². The number of amidine groups is 1. The average Bonchev–Trinajstić information content (AvgIpc) is 3.06. The van der Waals surface area contributed by atoms with Crippen LogP contribution in [0.15, 0.2) is 46.3 Å². The van der Waals surface area contributed by atoms with Crippen LogP contribution in [-0.2, 0) is 16.0 Å². The molecule has 1 fully saturated rings. The number of carbonyl (C=O) groups excluding carboxylic acids is 1. The predicted octanol–water partition coefficient (Wildman–Crippen LogP) is 3.23. The summed E-state index contributed by atoms with van der Waals surface area (Å²) in [5.41, 5.74) is 2.00. The minimum Gasteiger partial charge on any atom is -0.493 e. The molecule has 0 radical (unpaired) electrons. The fourth-order valence-corrected chi connectivity index (χ4v) is 3.64. The van der Waals surface area contributed by atoms with Gasteiger partial charge in [0.25, 0.3) is 5.91 Å². The lowest BCUT2D eigenvalue weighted by Gasteiger charge is -2.12. The molecule has 30 heavy (non-hydrogen) atoms. The maximum atomic E-state index is 12.4. The van der Waals surface area contributed by atoms with Gasteiger partial charge in [-0.2, -0.15) is 0 Å². The van der Waals surface area contributed by atoms with Crippen molar-refractivity contribution in [3.63, 3.8) is 0 Å². The van der Waals surface area contributed by atoms with Crippen LogP contribution in [-0.4, -0.2) is 43.5 Å². The van der Waals surface area contributed by atoms with Gasteiger partial charge in [-0.25, -0.2) is 4.99 Å². The summed E-state index contributed by atoms with van der Waals surface area (Å²) in [6, 6.07) is 10.3. The summed E-state index contributed by atoms with van der Waals surface area (Å²) in [6.45, 7) is 0. The van der Waals surface area contributed by atoms with Gasteiger partial charge in [0.1, 0.15) is 0 Å². The molecule has 3 rings (SSSR count). The van der Waals surface area contributed by atoms with Crippen LogP contribution < -0.4 is 19.5 Å². The van der Waals surface area contributed by atoms with Crippen LogP contribution >= 0.6 is 11.8 Å². The average molecular weight is 428 g/mol. The van der Waals surface area contributed by atoms with Crippen molar-refractivity contribution < 1.29 is 28.9 Å². The van der Waals surface area contributed by atoms with Gasteiger partial charge in [-0.15, -0.1) is 0 Å². The van der Waals surface area contributed by atoms with E-state index in [1.807, 2.05) is 0 Å². The van der Waals surface area contributed by atoms with Gasteiger partial charge in [-0.1, -0.05) is 12.1 Å². The molecule has 0 saturated carbocycles. The number of amides is 1. The highest BCUT2D eigenvalue weighted by atomic mass is 32.2. The summed E-state index contributed by atoms with van der Waals surface area (Å²) in [5.74, 6) is 0.286. The molecule has 9 heteroatoms. The summed E-state index contributed by atoms with van der Waals surface area (Å²) in [6.07, 6.45) is 1.66. The van der Waals surface area contributed by atoms with Gasteiger partial charge >= 0.3 is 5.97 Å². The van der Waals surface area contributed by atoms with Gasteiger partial charge in [0.2, 0.25) is 5.75 Å². The second-order valence-electron chi connectivity index (χ2n) is 6.18. The summed E-state index contributed by atoms with van der Waals surface area (Å²) >= 11 is 1.20. The van der Waals surface area contributed by atoms with Gasteiger partial charge in [0, 0.05) is 0 Å². The molecule has 0 bridgehead atoms. The van der Waals surface area contributed by atoms with Crippen LogP contribution in [0.2, 0.25) is 0 Å². The van der Waals surface area contributed by atoms with E-state index in [0.29, 0.717) is 44.1 Å². The Balaban J connectivity index is 1.82. The van der Waals surface area contributed by atoms with Crippen LogP contribution in [0.1, 0.15) is 11.1 Å². The zero-order valence-electron chi connectivity index (χ0n) is 16.6.